The number of thioether (sulfide) groups is 2. The fraction of sp³-hybridized carbons (Fsp3) is 0.125. The van der Waals surface area contributed by atoms with Gasteiger partial charge in [0.2, 0.25) is 0 Å². The largest absolute Gasteiger partial charge is 0.323 e. The number of aryl methyl sites for hydroxylation is 1. The van der Waals surface area contributed by atoms with E-state index in [0.29, 0.717) is 22.8 Å². The van der Waals surface area contributed by atoms with E-state index in [1.54, 1.807) is 28.4 Å². The van der Waals surface area contributed by atoms with Crippen molar-refractivity contribution in [2.24, 2.45) is 0 Å². The first-order valence-corrected chi connectivity index (χ1v) is 12.2. The van der Waals surface area contributed by atoms with Crippen molar-refractivity contribution >= 4 is 46.6 Å². The maximum absolute atomic E-state index is 12.5. The van der Waals surface area contributed by atoms with Crippen LogP contribution in [0.3, 0.4) is 0 Å². The van der Waals surface area contributed by atoms with Crippen molar-refractivity contribution in [3.63, 3.8) is 0 Å². The van der Waals surface area contributed by atoms with Crippen molar-refractivity contribution in [1.82, 2.24) is 9.38 Å². The average molecular weight is 463 g/mol. The van der Waals surface area contributed by atoms with Gasteiger partial charge in [-0.3, -0.25) is 9.20 Å². The van der Waals surface area contributed by atoms with Gasteiger partial charge in [-0.05, 0) is 55.1 Å². The Labute approximate surface area is 194 Å². The molecule has 6 nitrogen and oxygen atoms in total. The Morgan fingerprint density at radius 3 is 2.72 bits per heavy atom. The standard InChI is InChI=1S/C24H22N4O2S2/c1-16-7-6-12-28-22(29)14-18(25-23(16)28)15-32-21-11-4-3-10-20(21)27-24(30)26-17-8-5-9-19(13-17)31-2/h3-14H,15H2,1-2H3,(H2,26,27,30). The Morgan fingerprint density at radius 1 is 1.03 bits per heavy atom. The number of anilines is 2. The molecule has 0 saturated heterocycles. The highest BCUT2D eigenvalue weighted by molar-refractivity contribution is 7.98. The van der Waals surface area contributed by atoms with Gasteiger partial charge < -0.3 is 10.6 Å². The zero-order chi connectivity index (χ0) is 22.5. The van der Waals surface area contributed by atoms with E-state index in [2.05, 4.69) is 15.6 Å². The van der Waals surface area contributed by atoms with Crippen molar-refractivity contribution < 1.29 is 4.79 Å². The lowest BCUT2D eigenvalue weighted by Gasteiger charge is -2.12. The monoisotopic (exact) mass is 462 g/mol. The highest BCUT2D eigenvalue weighted by Gasteiger charge is 2.10. The predicted octanol–water partition coefficient (Wildman–Crippen LogP) is 5.66. The number of benzene rings is 2. The Hall–Kier alpha value is -3.23. The molecule has 2 amide bonds. The molecule has 4 aromatic rings. The van der Waals surface area contributed by atoms with Crippen LogP contribution in [0.25, 0.3) is 5.65 Å². The summed E-state index contributed by atoms with van der Waals surface area (Å²) < 4.78 is 1.55. The molecule has 0 radical (unpaired) electrons. The van der Waals surface area contributed by atoms with Gasteiger partial charge in [0.25, 0.3) is 5.56 Å². The van der Waals surface area contributed by atoms with Crippen LogP contribution in [0.1, 0.15) is 11.3 Å². The number of carbonyl (C=O) groups is 1. The Morgan fingerprint density at radius 2 is 1.88 bits per heavy atom. The highest BCUT2D eigenvalue weighted by atomic mass is 32.2. The Kier molecular flexibility index (Phi) is 6.82. The van der Waals surface area contributed by atoms with Gasteiger partial charge in [-0.25, -0.2) is 9.78 Å². The molecule has 0 spiro atoms. The van der Waals surface area contributed by atoms with E-state index in [4.69, 9.17) is 0 Å². The molecular formula is C24H22N4O2S2. The van der Waals surface area contributed by atoms with Crippen LogP contribution in [0.5, 0.6) is 0 Å². The Bertz CT molecular complexity index is 1340. The van der Waals surface area contributed by atoms with Gasteiger partial charge in [0, 0.05) is 33.5 Å². The van der Waals surface area contributed by atoms with Crippen LogP contribution in [0.4, 0.5) is 16.2 Å². The van der Waals surface area contributed by atoms with Gasteiger partial charge in [0.05, 0.1) is 11.4 Å². The number of urea groups is 1. The van der Waals surface area contributed by atoms with Gasteiger partial charge in [-0.2, -0.15) is 0 Å². The molecule has 162 valence electrons. The molecule has 2 heterocycles. The Balaban J connectivity index is 1.48. The number of hydrogen-bond donors (Lipinski definition) is 2. The van der Waals surface area contributed by atoms with Gasteiger partial charge >= 0.3 is 6.03 Å². The van der Waals surface area contributed by atoms with Gasteiger partial charge in [0.15, 0.2) is 0 Å². The van der Waals surface area contributed by atoms with Crippen LogP contribution >= 0.6 is 23.5 Å². The molecule has 0 aliphatic rings. The van der Waals surface area contributed by atoms with Crippen molar-refractivity contribution in [2.75, 3.05) is 16.9 Å². The molecule has 0 bridgehead atoms. The zero-order valence-corrected chi connectivity index (χ0v) is 19.3. The number of hydrogen-bond acceptors (Lipinski definition) is 5. The third-order valence-corrected chi connectivity index (χ3v) is 6.61. The molecule has 0 aliphatic carbocycles. The summed E-state index contributed by atoms with van der Waals surface area (Å²) in [5, 5.41) is 5.79. The molecule has 0 saturated carbocycles. The molecule has 32 heavy (non-hydrogen) atoms. The van der Waals surface area contributed by atoms with Crippen molar-refractivity contribution in [3.05, 3.63) is 94.5 Å². The SMILES string of the molecule is CSc1cccc(NC(=O)Nc2ccccc2SCc2cc(=O)n3cccc(C)c3n2)c1. The highest BCUT2D eigenvalue weighted by Crippen LogP contribution is 2.29. The lowest BCUT2D eigenvalue weighted by Crippen LogP contribution is -2.19. The lowest BCUT2D eigenvalue weighted by atomic mass is 10.3. The number of rotatable bonds is 6. The second-order valence-corrected chi connectivity index (χ2v) is 8.96. The summed E-state index contributed by atoms with van der Waals surface area (Å²) in [6.07, 6.45) is 3.72. The van der Waals surface area contributed by atoms with Crippen LogP contribution in [0.15, 0.2) is 87.5 Å². The number of nitrogens with one attached hydrogen (secondary N) is 2. The van der Waals surface area contributed by atoms with Crippen LogP contribution in [0, 0.1) is 6.92 Å². The number of carbonyl (C=O) groups excluding carboxylic acids is 1. The van der Waals surface area contributed by atoms with Crippen LogP contribution in [-0.2, 0) is 5.75 Å². The van der Waals surface area contributed by atoms with E-state index in [-0.39, 0.29) is 11.6 Å². The molecule has 0 unspecified atom stereocenters. The number of aromatic nitrogens is 2. The van der Waals surface area contributed by atoms with Gasteiger partial charge in [-0.15, -0.1) is 23.5 Å². The summed E-state index contributed by atoms with van der Waals surface area (Å²) in [7, 11) is 0. The fourth-order valence-electron chi connectivity index (χ4n) is 3.22. The molecule has 2 N–H and O–H groups in total. The first kappa shape index (κ1) is 22.0. The van der Waals surface area contributed by atoms with Crippen molar-refractivity contribution in [3.8, 4) is 0 Å². The maximum atomic E-state index is 12.5. The third-order valence-electron chi connectivity index (χ3n) is 4.78. The van der Waals surface area contributed by atoms with Gasteiger partial charge in [0.1, 0.15) is 5.65 Å². The minimum Gasteiger partial charge on any atom is -0.308 e. The average Bonchev–Trinajstić information content (AvgIpc) is 2.79. The molecule has 2 aromatic carbocycles. The minimum atomic E-state index is -0.311. The van der Waals surface area contributed by atoms with Crippen molar-refractivity contribution in [2.45, 2.75) is 22.5 Å². The van der Waals surface area contributed by atoms with Crippen LogP contribution in [0.2, 0.25) is 0 Å². The van der Waals surface area contributed by atoms with Gasteiger partial charge in [-0.1, -0.05) is 24.3 Å². The molecule has 2 aromatic heterocycles. The van der Waals surface area contributed by atoms with E-state index in [1.807, 2.05) is 73.8 Å². The van der Waals surface area contributed by atoms with E-state index in [1.165, 1.54) is 11.8 Å². The number of nitrogens with zero attached hydrogens (tertiary/aromatic N) is 2. The maximum Gasteiger partial charge on any atom is 0.323 e. The number of fused-ring (bicyclic) bond motifs is 1. The summed E-state index contributed by atoms with van der Waals surface area (Å²) in [5.41, 5.74) is 3.63. The summed E-state index contributed by atoms with van der Waals surface area (Å²) in [5.74, 6) is 0.510. The number of amides is 2. The molecule has 0 atom stereocenters. The summed E-state index contributed by atoms with van der Waals surface area (Å²) >= 11 is 3.14. The minimum absolute atomic E-state index is 0.104. The third kappa shape index (κ3) is 5.15. The predicted molar refractivity (Wildman–Crippen MR) is 133 cm³/mol. The molecule has 0 fully saturated rings. The van der Waals surface area contributed by atoms with Crippen molar-refractivity contribution in [1.29, 1.82) is 0 Å². The first-order chi connectivity index (χ1) is 15.5. The normalized spacial score (nSPS) is 10.8. The molecule has 0 aliphatic heterocycles. The quantitative estimate of drug-likeness (QED) is 0.362. The summed E-state index contributed by atoms with van der Waals surface area (Å²) in [6.45, 7) is 1.94. The lowest BCUT2D eigenvalue weighted by molar-refractivity contribution is 0.262. The zero-order valence-electron chi connectivity index (χ0n) is 17.7. The molecular weight excluding hydrogens is 440 g/mol. The number of pyridine rings is 1. The molecule has 8 heteroatoms. The van der Waals surface area contributed by atoms with E-state index >= 15 is 0 Å². The summed E-state index contributed by atoms with van der Waals surface area (Å²) in [4.78, 5) is 31.6. The first-order valence-electron chi connectivity index (χ1n) is 9.95. The number of para-hydroxylation sites is 1. The van der Waals surface area contributed by atoms with Crippen LogP contribution < -0.4 is 16.2 Å². The second-order valence-electron chi connectivity index (χ2n) is 7.07. The van der Waals surface area contributed by atoms with E-state index < -0.39 is 0 Å². The smallest absolute Gasteiger partial charge is 0.308 e. The van der Waals surface area contributed by atoms with E-state index in [0.717, 1.165) is 21.0 Å². The topological polar surface area (TPSA) is 75.5 Å². The second kappa shape index (κ2) is 9.93. The molecule has 4 rings (SSSR count). The fourth-order valence-corrected chi connectivity index (χ4v) is 4.58. The van der Waals surface area contributed by atoms with E-state index in [9.17, 15) is 9.59 Å². The summed E-state index contributed by atoms with van der Waals surface area (Å²) in [6, 6.07) is 20.3. The van der Waals surface area contributed by atoms with Crippen LogP contribution in [-0.4, -0.2) is 21.7 Å².